The maximum absolute atomic E-state index is 12.8. The lowest BCUT2D eigenvalue weighted by Gasteiger charge is -2.18. The minimum absolute atomic E-state index is 0.106. The van der Waals surface area contributed by atoms with Crippen LogP contribution in [0.1, 0.15) is 348 Å². The van der Waals surface area contributed by atoms with Gasteiger partial charge >= 0.3 is 17.9 Å². The molecule has 0 heterocycles. The molecule has 0 aliphatic rings. The fourth-order valence-corrected chi connectivity index (χ4v) is 9.91. The van der Waals surface area contributed by atoms with E-state index in [0.717, 1.165) is 96.3 Å². The van der Waals surface area contributed by atoms with Crippen LogP contribution in [0.2, 0.25) is 0 Å². The van der Waals surface area contributed by atoms with E-state index in [4.69, 9.17) is 14.2 Å². The normalized spacial score (nSPS) is 12.5. The van der Waals surface area contributed by atoms with Gasteiger partial charge in [-0.2, -0.15) is 0 Å². The van der Waals surface area contributed by atoms with E-state index in [2.05, 4.69) is 87.6 Å². The highest BCUT2D eigenvalue weighted by Crippen LogP contribution is 2.18. The lowest BCUT2D eigenvalue weighted by atomic mass is 10.0. The van der Waals surface area contributed by atoms with Crippen LogP contribution in [-0.4, -0.2) is 37.2 Å². The summed E-state index contributed by atoms with van der Waals surface area (Å²) in [5.74, 6) is -0.991. The second-order valence-electron chi connectivity index (χ2n) is 22.7. The summed E-state index contributed by atoms with van der Waals surface area (Å²) in [6.45, 7) is 6.42. The maximum atomic E-state index is 12.8. The molecule has 0 N–H and O–H groups in total. The molecule has 1 atom stereocenters. The number of ether oxygens (including phenoxy) is 3. The zero-order valence-electron chi connectivity index (χ0n) is 51.9. The molecule has 0 aromatic carbocycles. The van der Waals surface area contributed by atoms with Gasteiger partial charge in [0, 0.05) is 19.3 Å². The first-order chi connectivity index (χ1) is 38.5. The average molecular weight is 1090 g/mol. The zero-order chi connectivity index (χ0) is 56.4. The van der Waals surface area contributed by atoms with Crippen LogP contribution in [0.5, 0.6) is 0 Å². The van der Waals surface area contributed by atoms with Gasteiger partial charge in [0.15, 0.2) is 6.10 Å². The molecule has 0 amide bonds. The molecule has 0 fully saturated rings. The highest BCUT2D eigenvalue weighted by atomic mass is 16.6. The molecule has 6 heteroatoms. The zero-order valence-corrected chi connectivity index (χ0v) is 51.9. The summed E-state index contributed by atoms with van der Waals surface area (Å²) in [5.41, 5.74) is 0. The summed E-state index contributed by atoms with van der Waals surface area (Å²) >= 11 is 0. The van der Waals surface area contributed by atoms with Crippen molar-refractivity contribution >= 4 is 17.9 Å². The number of esters is 3. The first-order valence-electron chi connectivity index (χ1n) is 33.9. The Balaban J connectivity index is 4.07. The molecule has 0 aliphatic carbocycles. The number of carbonyl (C=O) groups excluding carboxylic acids is 3. The van der Waals surface area contributed by atoms with Crippen molar-refractivity contribution < 1.29 is 28.6 Å². The first kappa shape index (κ1) is 74.8. The van der Waals surface area contributed by atoms with Crippen molar-refractivity contribution in [2.75, 3.05) is 13.2 Å². The molecule has 1 unspecified atom stereocenters. The van der Waals surface area contributed by atoms with Gasteiger partial charge < -0.3 is 14.2 Å². The van der Waals surface area contributed by atoms with Gasteiger partial charge in [0.1, 0.15) is 13.2 Å². The molecule has 452 valence electrons. The van der Waals surface area contributed by atoms with Crippen LogP contribution in [0, 0.1) is 0 Å². The highest BCUT2D eigenvalue weighted by Gasteiger charge is 2.19. The van der Waals surface area contributed by atoms with Crippen LogP contribution in [0.4, 0.5) is 0 Å². The van der Waals surface area contributed by atoms with Crippen molar-refractivity contribution in [3.05, 3.63) is 72.9 Å². The summed E-state index contributed by atoms with van der Waals surface area (Å²) in [7, 11) is 0. The largest absolute Gasteiger partial charge is 0.462 e. The minimum atomic E-state index is -0.818. The van der Waals surface area contributed by atoms with Gasteiger partial charge in [-0.05, 0) is 70.6 Å². The van der Waals surface area contributed by atoms with Crippen LogP contribution < -0.4 is 0 Å². The Bertz CT molecular complexity index is 1440. The Morgan fingerprint density at radius 3 is 0.885 bits per heavy atom. The number of unbranched alkanes of at least 4 members (excludes halogenated alkanes) is 39. The Hall–Kier alpha value is -3.15. The molecule has 0 aliphatic heterocycles. The first-order valence-corrected chi connectivity index (χ1v) is 33.9. The summed E-state index contributed by atoms with van der Waals surface area (Å²) < 4.78 is 16.8. The van der Waals surface area contributed by atoms with Crippen LogP contribution in [0.25, 0.3) is 0 Å². The lowest BCUT2D eigenvalue weighted by molar-refractivity contribution is -0.166. The fourth-order valence-electron chi connectivity index (χ4n) is 9.91. The van der Waals surface area contributed by atoms with E-state index in [0.29, 0.717) is 19.3 Å². The molecule has 6 nitrogen and oxygen atoms in total. The molecule has 0 saturated heterocycles. The van der Waals surface area contributed by atoms with Gasteiger partial charge in [0.25, 0.3) is 0 Å². The summed E-state index contributed by atoms with van der Waals surface area (Å²) in [6, 6.07) is 0. The Labute approximate surface area is 484 Å². The van der Waals surface area contributed by atoms with Gasteiger partial charge in [0.2, 0.25) is 0 Å². The van der Waals surface area contributed by atoms with Crippen LogP contribution >= 0.6 is 0 Å². The molecule has 0 radical (unpaired) electrons. The topological polar surface area (TPSA) is 78.9 Å². The summed E-state index contributed by atoms with van der Waals surface area (Å²) in [4.78, 5) is 38.2. The second kappa shape index (κ2) is 66.4. The minimum Gasteiger partial charge on any atom is -0.462 e. The number of hydrogen-bond acceptors (Lipinski definition) is 6. The third-order valence-electron chi connectivity index (χ3n) is 14.9. The molecule has 0 spiro atoms. The number of rotatable bonds is 62. The highest BCUT2D eigenvalue weighted by molar-refractivity contribution is 5.71. The quantitative estimate of drug-likeness (QED) is 0.0261. The Morgan fingerprint density at radius 1 is 0.269 bits per heavy atom. The summed E-state index contributed by atoms with van der Waals surface area (Å²) in [5, 5.41) is 0. The van der Waals surface area contributed by atoms with Crippen molar-refractivity contribution in [3.63, 3.8) is 0 Å². The number of carbonyl (C=O) groups is 3. The monoisotopic (exact) mass is 1090 g/mol. The Kier molecular flexibility index (Phi) is 63.7. The van der Waals surface area contributed by atoms with Crippen molar-refractivity contribution in [1.82, 2.24) is 0 Å². The second-order valence-corrected chi connectivity index (χ2v) is 22.7. The number of allylic oxidation sites excluding steroid dienone is 12. The third-order valence-corrected chi connectivity index (χ3v) is 14.9. The van der Waals surface area contributed by atoms with E-state index >= 15 is 0 Å². The van der Waals surface area contributed by atoms with E-state index in [-0.39, 0.29) is 37.5 Å². The van der Waals surface area contributed by atoms with E-state index in [9.17, 15) is 14.4 Å². The van der Waals surface area contributed by atoms with E-state index in [1.807, 2.05) is 6.08 Å². The standard InChI is InChI=1S/C72H128O6/c1-4-7-10-13-16-19-22-25-26-27-28-29-30-31-32-33-34-35-36-37-38-39-40-41-42-43-44-45-48-50-53-56-59-62-65-71(74)77-68-69(78-72(75)66-63-60-57-54-51-47-24-21-18-15-12-9-6-3)67-76-70(73)64-61-58-55-52-49-46-23-20-17-14-11-8-5-2/h9,11-12,14,18,20-21,23,47,51,57,60,69H,4-8,10,13,15-17,19,22,24-46,48-50,52-56,58-59,61-68H2,1-3H3/b12-9-,14-11-,21-18-,23-20-,51-47-,60-57-. The molecule has 78 heavy (non-hydrogen) atoms. The van der Waals surface area contributed by atoms with E-state index in [1.165, 1.54) is 205 Å². The lowest BCUT2D eigenvalue weighted by Crippen LogP contribution is -2.30. The molecule has 0 aromatic heterocycles. The third kappa shape index (κ3) is 63.7. The smallest absolute Gasteiger partial charge is 0.306 e. The molecule has 0 saturated carbocycles. The van der Waals surface area contributed by atoms with Gasteiger partial charge in [-0.1, -0.05) is 331 Å². The van der Waals surface area contributed by atoms with Crippen LogP contribution in [-0.2, 0) is 28.6 Å². The van der Waals surface area contributed by atoms with Crippen molar-refractivity contribution in [2.45, 2.75) is 354 Å². The summed E-state index contributed by atoms with van der Waals surface area (Å²) in [6.07, 6.45) is 86.9. The van der Waals surface area contributed by atoms with Gasteiger partial charge in [-0.15, -0.1) is 0 Å². The van der Waals surface area contributed by atoms with Gasteiger partial charge in [-0.25, -0.2) is 0 Å². The van der Waals surface area contributed by atoms with Crippen molar-refractivity contribution in [3.8, 4) is 0 Å². The number of hydrogen-bond donors (Lipinski definition) is 0. The van der Waals surface area contributed by atoms with Crippen molar-refractivity contribution in [1.29, 1.82) is 0 Å². The average Bonchev–Trinajstić information content (AvgIpc) is 3.44. The van der Waals surface area contributed by atoms with Gasteiger partial charge in [0.05, 0.1) is 0 Å². The predicted molar refractivity (Wildman–Crippen MR) is 339 cm³/mol. The SMILES string of the molecule is CC/C=C\C/C=C\C/C=C\C/C=C\CCC(=O)OC(COC(=O)CCCCCCC/C=C\C/C=C\CCC)COC(=O)CCCCCCCCCCCCCCCCCCCCCCCCCCCCCCCCCCCC. The maximum Gasteiger partial charge on any atom is 0.306 e. The molecule has 0 rings (SSSR count). The van der Waals surface area contributed by atoms with Crippen LogP contribution in [0.15, 0.2) is 72.9 Å². The van der Waals surface area contributed by atoms with Crippen molar-refractivity contribution in [2.24, 2.45) is 0 Å². The molecule has 0 aromatic rings. The molecule has 0 bridgehead atoms. The predicted octanol–water partition coefficient (Wildman–Crippen LogP) is 23.3. The van der Waals surface area contributed by atoms with E-state index in [1.54, 1.807) is 0 Å². The fraction of sp³-hybridized carbons (Fsp3) is 0.792. The molecular weight excluding hydrogens is 961 g/mol. The van der Waals surface area contributed by atoms with Crippen LogP contribution in [0.3, 0.4) is 0 Å². The Morgan fingerprint density at radius 2 is 0.551 bits per heavy atom. The van der Waals surface area contributed by atoms with E-state index < -0.39 is 6.10 Å². The molecular formula is C72H128O6. The van der Waals surface area contributed by atoms with Gasteiger partial charge in [-0.3, -0.25) is 14.4 Å².